The maximum atomic E-state index is 11.6. The Kier molecular flexibility index (Phi) is 2.20. The number of carbonyl (C=O) groups is 1. The van der Waals surface area contributed by atoms with Crippen LogP contribution in [-0.4, -0.2) is 31.3 Å². The third kappa shape index (κ3) is 1.85. The van der Waals surface area contributed by atoms with Gasteiger partial charge in [-0.2, -0.15) is 10.1 Å². The summed E-state index contributed by atoms with van der Waals surface area (Å²) in [6.45, 7) is 3.52. The van der Waals surface area contributed by atoms with Crippen molar-refractivity contribution < 1.29 is 4.79 Å². The fraction of sp³-hybridized carbons (Fsp3) is 0.250. The number of nitrogens with one attached hydrogen (secondary N) is 3. The van der Waals surface area contributed by atoms with Crippen LogP contribution >= 0.6 is 0 Å². The van der Waals surface area contributed by atoms with Gasteiger partial charge in [0.1, 0.15) is 5.82 Å². The van der Waals surface area contributed by atoms with Crippen molar-refractivity contribution in [3.05, 3.63) is 23.3 Å². The van der Waals surface area contributed by atoms with Gasteiger partial charge in [0.05, 0.1) is 11.8 Å². The number of hydrogen-bond donors (Lipinski definition) is 3. The summed E-state index contributed by atoms with van der Waals surface area (Å²) in [5.74, 6) is 0.632. The van der Waals surface area contributed by atoms with Crippen LogP contribution in [0.1, 0.15) is 21.9 Å². The van der Waals surface area contributed by atoms with Crippen molar-refractivity contribution in [2.45, 2.75) is 13.8 Å². The zero-order chi connectivity index (χ0) is 10.8. The van der Waals surface area contributed by atoms with Crippen LogP contribution < -0.4 is 5.32 Å². The van der Waals surface area contributed by atoms with Crippen molar-refractivity contribution in [1.29, 1.82) is 0 Å². The van der Waals surface area contributed by atoms with Crippen molar-refractivity contribution in [3.63, 3.8) is 0 Å². The third-order valence-corrected chi connectivity index (χ3v) is 1.90. The number of anilines is 1. The van der Waals surface area contributed by atoms with Crippen molar-refractivity contribution in [2.24, 2.45) is 0 Å². The predicted molar refractivity (Wildman–Crippen MR) is 52.4 cm³/mol. The Hall–Kier alpha value is -2.18. The highest BCUT2D eigenvalue weighted by atomic mass is 16.1. The minimum Gasteiger partial charge on any atom is -0.289 e. The molecule has 7 heteroatoms. The van der Waals surface area contributed by atoms with Gasteiger partial charge in [0, 0.05) is 5.69 Å². The van der Waals surface area contributed by atoms with E-state index >= 15 is 0 Å². The first-order chi connectivity index (χ1) is 7.16. The zero-order valence-corrected chi connectivity index (χ0v) is 8.33. The van der Waals surface area contributed by atoms with E-state index in [1.54, 1.807) is 13.8 Å². The maximum absolute atomic E-state index is 11.6. The molecule has 0 aliphatic rings. The van der Waals surface area contributed by atoms with Crippen LogP contribution in [0.5, 0.6) is 0 Å². The summed E-state index contributed by atoms with van der Waals surface area (Å²) >= 11 is 0. The zero-order valence-electron chi connectivity index (χ0n) is 8.33. The number of nitrogens with zero attached hydrogens (tertiary/aromatic N) is 3. The number of hydrogen-bond acceptors (Lipinski definition) is 4. The molecule has 3 N–H and O–H groups in total. The van der Waals surface area contributed by atoms with Gasteiger partial charge in [-0.05, 0) is 13.8 Å². The minimum atomic E-state index is -0.278. The number of carbonyl (C=O) groups excluding carboxylic acids is 1. The normalized spacial score (nSPS) is 10.3. The van der Waals surface area contributed by atoms with Gasteiger partial charge in [-0.1, -0.05) is 0 Å². The monoisotopic (exact) mass is 206 g/mol. The molecule has 2 aromatic rings. The molecule has 0 saturated carbocycles. The number of aryl methyl sites for hydroxylation is 2. The van der Waals surface area contributed by atoms with E-state index in [0.29, 0.717) is 17.1 Å². The van der Waals surface area contributed by atoms with E-state index in [-0.39, 0.29) is 11.9 Å². The molecule has 0 atom stereocenters. The van der Waals surface area contributed by atoms with Gasteiger partial charge in [0.25, 0.3) is 5.91 Å². The first-order valence-corrected chi connectivity index (χ1v) is 4.37. The highest BCUT2D eigenvalue weighted by molar-refractivity contribution is 6.03. The highest BCUT2D eigenvalue weighted by Gasteiger charge is 2.12. The number of aromatic amines is 2. The molecule has 78 valence electrons. The second kappa shape index (κ2) is 3.52. The molecule has 0 saturated heterocycles. The summed E-state index contributed by atoms with van der Waals surface area (Å²) in [5.41, 5.74) is 1.19. The largest absolute Gasteiger partial charge is 0.289 e. The molecular weight excluding hydrogens is 196 g/mol. The van der Waals surface area contributed by atoms with Crippen LogP contribution in [0.15, 0.2) is 6.20 Å². The Morgan fingerprint density at radius 1 is 1.40 bits per heavy atom. The average Bonchev–Trinajstić information content (AvgIpc) is 2.75. The Bertz CT molecular complexity index is 485. The smallest absolute Gasteiger partial charge is 0.261 e. The molecule has 0 aromatic carbocycles. The van der Waals surface area contributed by atoms with Gasteiger partial charge < -0.3 is 0 Å². The topological polar surface area (TPSA) is 99.3 Å². The fourth-order valence-corrected chi connectivity index (χ4v) is 1.15. The highest BCUT2D eigenvalue weighted by Crippen LogP contribution is 2.05. The summed E-state index contributed by atoms with van der Waals surface area (Å²) in [5, 5.41) is 15.4. The molecular formula is C8H10N6O. The molecule has 0 radical (unpaired) electrons. The second-order valence-electron chi connectivity index (χ2n) is 3.11. The van der Waals surface area contributed by atoms with Crippen molar-refractivity contribution >= 4 is 11.9 Å². The minimum absolute atomic E-state index is 0.262. The molecule has 2 heterocycles. The van der Waals surface area contributed by atoms with Gasteiger partial charge in [-0.3, -0.25) is 20.3 Å². The Labute approximate surface area is 85.3 Å². The van der Waals surface area contributed by atoms with E-state index in [2.05, 4.69) is 30.7 Å². The van der Waals surface area contributed by atoms with Gasteiger partial charge in [-0.15, -0.1) is 5.10 Å². The van der Waals surface area contributed by atoms with Gasteiger partial charge in [0.2, 0.25) is 5.95 Å². The summed E-state index contributed by atoms with van der Waals surface area (Å²) < 4.78 is 0. The Balaban J connectivity index is 2.14. The lowest BCUT2D eigenvalue weighted by atomic mass is 10.2. The first-order valence-electron chi connectivity index (χ1n) is 4.37. The molecule has 0 bridgehead atoms. The Morgan fingerprint density at radius 3 is 2.73 bits per heavy atom. The number of H-pyrrole nitrogens is 2. The molecule has 0 unspecified atom stereocenters. The number of aromatic nitrogens is 5. The van der Waals surface area contributed by atoms with Crippen molar-refractivity contribution in [2.75, 3.05) is 5.32 Å². The molecule has 0 fully saturated rings. The molecule has 7 nitrogen and oxygen atoms in total. The average molecular weight is 206 g/mol. The molecule has 15 heavy (non-hydrogen) atoms. The van der Waals surface area contributed by atoms with Gasteiger partial charge >= 0.3 is 0 Å². The summed E-state index contributed by atoms with van der Waals surface area (Å²) in [6, 6.07) is 0. The van der Waals surface area contributed by atoms with Crippen LogP contribution in [0.25, 0.3) is 0 Å². The molecule has 0 spiro atoms. The summed E-state index contributed by atoms with van der Waals surface area (Å²) in [6.07, 6.45) is 1.46. The van der Waals surface area contributed by atoms with Gasteiger partial charge in [0.15, 0.2) is 0 Å². The van der Waals surface area contributed by atoms with Crippen LogP contribution in [-0.2, 0) is 0 Å². The quantitative estimate of drug-likeness (QED) is 0.662. The first kappa shape index (κ1) is 9.38. The lowest BCUT2D eigenvalue weighted by Gasteiger charge is -1.97. The lowest BCUT2D eigenvalue weighted by Crippen LogP contribution is -2.13. The predicted octanol–water partition coefficient (Wildman–Crippen LogP) is 0.397. The van der Waals surface area contributed by atoms with Crippen LogP contribution in [0.3, 0.4) is 0 Å². The maximum Gasteiger partial charge on any atom is 0.261 e. The van der Waals surface area contributed by atoms with E-state index < -0.39 is 0 Å². The number of rotatable bonds is 2. The van der Waals surface area contributed by atoms with E-state index in [0.717, 1.165) is 0 Å². The van der Waals surface area contributed by atoms with E-state index in [1.165, 1.54) is 6.20 Å². The van der Waals surface area contributed by atoms with E-state index in [4.69, 9.17) is 0 Å². The van der Waals surface area contributed by atoms with Crippen LogP contribution in [0, 0.1) is 13.8 Å². The second-order valence-corrected chi connectivity index (χ2v) is 3.11. The van der Waals surface area contributed by atoms with Crippen LogP contribution in [0.4, 0.5) is 5.95 Å². The van der Waals surface area contributed by atoms with Crippen molar-refractivity contribution in [1.82, 2.24) is 25.4 Å². The van der Waals surface area contributed by atoms with Gasteiger partial charge in [-0.25, -0.2) is 0 Å². The molecule has 2 rings (SSSR count). The number of amides is 1. The summed E-state index contributed by atoms with van der Waals surface area (Å²) in [4.78, 5) is 15.6. The molecule has 2 aromatic heterocycles. The fourth-order valence-electron chi connectivity index (χ4n) is 1.15. The van der Waals surface area contributed by atoms with E-state index in [1.807, 2.05) is 0 Å². The molecule has 0 aliphatic carbocycles. The molecule has 1 amide bonds. The third-order valence-electron chi connectivity index (χ3n) is 1.90. The standard InChI is InChI=1S/C8H10N6O/c1-4-6(3-9-12-4)7(15)11-8-10-5(2)13-14-8/h3H,1-2H3,(H,9,12)(H2,10,11,13,14,15). The summed E-state index contributed by atoms with van der Waals surface area (Å²) in [7, 11) is 0. The Morgan fingerprint density at radius 2 is 2.20 bits per heavy atom. The molecule has 0 aliphatic heterocycles. The van der Waals surface area contributed by atoms with E-state index in [9.17, 15) is 4.79 Å². The van der Waals surface area contributed by atoms with Crippen molar-refractivity contribution in [3.8, 4) is 0 Å². The lowest BCUT2D eigenvalue weighted by molar-refractivity contribution is 0.102. The van der Waals surface area contributed by atoms with Crippen LogP contribution in [0.2, 0.25) is 0 Å². The SMILES string of the molecule is Cc1nc(NC(=O)c2cn[nH]c2C)n[nH]1.